The van der Waals surface area contributed by atoms with Crippen LogP contribution in [-0.4, -0.2) is 9.13 Å². The number of hydrogen-bond donors (Lipinski definition) is 0. The first-order valence-corrected chi connectivity index (χ1v) is 13.9. The monoisotopic (exact) mass is 506 g/mol. The molecule has 0 N–H and O–H groups in total. The van der Waals surface area contributed by atoms with Crippen LogP contribution in [0.25, 0.3) is 55.2 Å². The van der Waals surface area contributed by atoms with Gasteiger partial charge in [-0.05, 0) is 61.9 Å². The number of aromatic nitrogens is 2. The van der Waals surface area contributed by atoms with E-state index in [1.54, 1.807) is 0 Å². The molecule has 0 saturated carbocycles. The van der Waals surface area contributed by atoms with E-state index in [0.717, 1.165) is 0 Å². The lowest BCUT2D eigenvalue weighted by Crippen LogP contribution is -2.21. The number of hydrogen-bond acceptors (Lipinski definition) is 1. The highest BCUT2D eigenvalue weighted by Crippen LogP contribution is 2.56. The van der Waals surface area contributed by atoms with Gasteiger partial charge in [-0.2, -0.15) is 0 Å². The van der Waals surface area contributed by atoms with Gasteiger partial charge < -0.3 is 9.13 Å². The van der Waals surface area contributed by atoms with E-state index in [1.165, 1.54) is 65.8 Å². The maximum Gasteiger partial charge on any atom is 0.0561 e. The standard InChI is InChI=1S/C35H26N2S/c1-35(2)34-33(28-16-8-11-19-32(28)38-35)27-15-7-10-18-30(27)37(34)24-20-21-26-25-14-6-9-17-29(25)36(31(26)22-24)23-12-4-3-5-13-23/h3-22H,1-2H3. The molecule has 7 aromatic rings. The number of para-hydroxylation sites is 3. The summed E-state index contributed by atoms with van der Waals surface area (Å²) >= 11 is 1.96. The van der Waals surface area contributed by atoms with E-state index in [1.807, 2.05) is 11.8 Å². The summed E-state index contributed by atoms with van der Waals surface area (Å²) in [6, 6.07) is 44.2. The third kappa shape index (κ3) is 2.97. The van der Waals surface area contributed by atoms with Crippen LogP contribution in [0.5, 0.6) is 0 Å². The van der Waals surface area contributed by atoms with Crippen LogP contribution in [0.4, 0.5) is 0 Å². The van der Waals surface area contributed by atoms with Crippen molar-refractivity contribution in [2.24, 2.45) is 0 Å². The summed E-state index contributed by atoms with van der Waals surface area (Å²) in [4.78, 5) is 1.35. The largest absolute Gasteiger partial charge is 0.311 e. The Kier molecular flexibility index (Phi) is 4.54. The molecule has 3 heteroatoms. The highest BCUT2D eigenvalue weighted by Gasteiger charge is 2.37. The Morgan fingerprint density at radius 3 is 1.97 bits per heavy atom. The highest BCUT2D eigenvalue weighted by atomic mass is 32.2. The van der Waals surface area contributed by atoms with Gasteiger partial charge in [0.2, 0.25) is 0 Å². The van der Waals surface area contributed by atoms with Crippen molar-refractivity contribution in [3.63, 3.8) is 0 Å². The smallest absolute Gasteiger partial charge is 0.0561 e. The highest BCUT2D eigenvalue weighted by molar-refractivity contribution is 8.00. The van der Waals surface area contributed by atoms with E-state index in [9.17, 15) is 0 Å². The van der Waals surface area contributed by atoms with E-state index >= 15 is 0 Å². The molecule has 182 valence electrons. The van der Waals surface area contributed by atoms with E-state index < -0.39 is 0 Å². The Morgan fingerprint density at radius 1 is 0.526 bits per heavy atom. The van der Waals surface area contributed by atoms with Crippen molar-refractivity contribution in [3.05, 3.63) is 127 Å². The lowest BCUT2D eigenvalue weighted by molar-refractivity contribution is 0.724. The molecule has 0 amide bonds. The van der Waals surface area contributed by atoms with E-state index in [2.05, 4.69) is 144 Å². The predicted octanol–water partition coefficient (Wildman–Crippen LogP) is 9.74. The second-order valence-corrected chi connectivity index (χ2v) is 12.2. The average molecular weight is 507 g/mol. The summed E-state index contributed by atoms with van der Waals surface area (Å²) in [5, 5.41) is 3.87. The van der Waals surface area contributed by atoms with Gasteiger partial charge in [-0.1, -0.05) is 78.9 Å². The fraction of sp³-hybridized carbons (Fsp3) is 0.0857. The zero-order valence-electron chi connectivity index (χ0n) is 21.3. The van der Waals surface area contributed by atoms with E-state index in [4.69, 9.17) is 0 Å². The number of thioether (sulfide) groups is 1. The lowest BCUT2D eigenvalue weighted by atomic mass is 9.95. The molecule has 0 saturated heterocycles. The van der Waals surface area contributed by atoms with Gasteiger partial charge in [0.1, 0.15) is 0 Å². The van der Waals surface area contributed by atoms with Crippen LogP contribution in [-0.2, 0) is 4.75 Å². The number of fused-ring (bicyclic) bond motifs is 8. The normalized spacial score (nSPS) is 14.2. The average Bonchev–Trinajstić information content (AvgIpc) is 3.47. The molecule has 0 spiro atoms. The minimum absolute atomic E-state index is 0.0935. The molecule has 3 heterocycles. The third-order valence-electron chi connectivity index (χ3n) is 7.90. The second kappa shape index (κ2) is 7.89. The first-order valence-electron chi connectivity index (χ1n) is 13.1. The number of nitrogens with zero attached hydrogens (tertiary/aromatic N) is 2. The van der Waals surface area contributed by atoms with Crippen LogP contribution in [0, 0.1) is 0 Å². The summed E-state index contributed by atoms with van der Waals surface area (Å²) in [5.74, 6) is 0. The second-order valence-electron chi connectivity index (χ2n) is 10.6. The first-order chi connectivity index (χ1) is 18.6. The van der Waals surface area contributed by atoms with Crippen molar-refractivity contribution in [3.8, 4) is 22.5 Å². The van der Waals surface area contributed by atoms with Crippen LogP contribution in [0.15, 0.2) is 126 Å². The van der Waals surface area contributed by atoms with E-state index in [0.29, 0.717) is 0 Å². The van der Waals surface area contributed by atoms with Crippen molar-refractivity contribution >= 4 is 44.5 Å². The molecule has 2 nitrogen and oxygen atoms in total. The molecule has 0 bridgehead atoms. The molecule has 0 aliphatic carbocycles. The molecule has 0 fully saturated rings. The minimum atomic E-state index is -0.0935. The van der Waals surface area contributed by atoms with Gasteiger partial charge in [0.25, 0.3) is 0 Å². The zero-order chi connectivity index (χ0) is 25.4. The Morgan fingerprint density at radius 2 is 1.16 bits per heavy atom. The van der Waals surface area contributed by atoms with Gasteiger partial charge in [-0.25, -0.2) is 0 Å². The molecular formula is C35H26N2S. The first kappa shape index (κ1) is 21.8. The number of benzene rings is 5. The fourth-order valence-corrected chi connectivity index (χ4v) is 7.66. The Bertz CT molecular complexity index is 2020. The minimum Gasteiger partial charge on any atom is -0.311 e. The van der Waals surface area contributed by atoms with Gasteiger partial charge in [0.15, 0.2) is 0 Å². The summed E-state index contributed by atoms with van der Waals surface area (Å²) < 4.78 is 4.82. The molecule has 1 aliphatic rings. The van der Waals surface area contributed by atoms with Gasteiger partial charge in [0.05, 0.1) is 21.3 Å². The van der Waals surface area contributed by atoms with Crippen LogP contribution in [0.1, 0.15) is 19.5 Å². The maximum absolute atomic E-state index is 2.51. The Balaban J connectivity index is 1.50. The molecule has 5 aromatic carbocycles. The summed E-state index contributed by atoms with van der Waals surface area (Å²) in [6.07, 6.45) is 0. The molecule has 0 atom stereocenters. The van der Waals surface area contributed by atoms with Crippen molar-refractivity contribution in [1.82, 2.24) is 9.13 Å². The van der Waals surface area contributed by atoms with Crippen molar-refractivity contribution in [2.75, 3.05) is 0 Å². The summed E-state index contributed by atoms with van der Waals surface area (Å²) in [6.45, 7) is 4.72. The lowest BCUT2D eigenvalue weighted by Gasteiger charge is -2.33. The molecule has 2 aromatic heterocycles. The van der Waals surface area contributed by atoms with Crippen LogP contribution < -0.4 is 0 Å². The molecule has 8 rings (SSSR count). The third-order valence-corrected chi connectivity index (χ3v) is 9.18. The van der Waals surface area contributed by atoms with Gasteiger partial charge >= 0.3 is 0 Å². The SMILES string of the molecule is CC1(C)Sc2ccccc2-c2c1n(-c1ccc3c4ccccc4n(-c4ccccc4)c3c1)c1ccccc21. The molecular weight excluding hydrogens is 480 g/mol. The maximum atomic E-state index is 2.51. The van der Waals surface area contributed by atoms with Gasteiger partial charge in [-0.3, -0.25) is 0 Å². The summed E-state index contributed by atoms with van der Waals surface area (Å²) in [5.41, 5.74) is 10.2. The molecule has 0 unspecified atom stereocenters. The Labute approximate surface area is 226 Å². The van der Waals surface area contributed by atoms with Crippen molar-refractivity contribution < 1.29 is 0 Å². The fourth-order valence-electron chi connectivity index (χ4n) is 6.39. The zero-order valence-corrected chi connectivity index (χ0v) is 22.2. The molecule has 0 radical (unpaired) electrons. The van der Waals surface area contributed by atoms with Crippen LogP contribution in [0.2, 0.25) is 0 Å². The van der Waals surface area contributed by atoms with Gasteiger partial charge in [-0.15, -0.1) is 11.8 Å². The summed E-state index contributed by atoms with van der Waals surface area (Å²) in [7, 11) is 0. The Hall–Kier alpha value is -4.21. The van der Waals surface area contributed by atoms with Crippen LogP contribution >= 0.6 is 11.8 Å². The van der Waals surface area contributed by atoms with Crippen LogP contribution in [0.3, 0.4) is 0 Å². The molecule has 38 heavy (non-hydrogen) atoms. The predicted molar refractivity (Wildman–Crippen MR) is 162 cm³/mol. The van der Waals surface area contributed by atoms with Gasteiger partial charge in [0, 0.05) is 43.7 Å². The number of rotatable bonds is 2. The van der Waals surface area contributed by atoms with E-state index in [-0.39, 0.29) is 4.75 Å². The van der Waals surface area contributed by atoms with Crippen molar-refractivity contribution in [1.29, 1.82) is 0 Å². The molecule has 1 aliphatic heterocycles. The van der Waals surface area contributed by atoms with Crippen molar-refractivity contribution in [2.45, 2.75) is 23.5 Å². The quantitative estimate of drug-likeness (QED) is 0.227. The topological polar surface area (TPSA) is 9.86 Å².